The Balaban J connectivity index is 1.48. The van der Waals surface area contributed by atoms with Crippen molar-refractivity contribution >= 4 is 0 Å². The molecule has 4 aliphatic carbocycles. The van der Waals surface area contributed by atoms with E-state index in [1.807, 2.05) is 0 Å². The topological polar surface area (TPSA) is 20.2 Å². The fraction of sp³-hybridized carbons (Fsp3) is 0.615. The summed E-state index contributed by atoms with van der Waals surface area (Å²) in [5.74, 6) is 4.79. The highest BCUT2D eigenvalue weighted by molar-refractivity contribution is 5.44. The van der Waals surface area contributed by atoms with Crippen LogP contribution >= 0.6 is 0 Å². The Labute approximate surface area is 164 Å². The minimum Gasteiger partial charge on any atom is -0.508 e. The molecule has 0 heterocycles. The molecule has 6 unspecified atom stereocenters. The number of allylic oxidation sites excluding steroid dienone is 4. The van der Waals surface area contributed by atoms with Crippen molar-refractivity contribution in [3.8, 4) is 5.75 Å². The van der Waals surface area contributed by atoms with Crippen molar-refractivity contribution in [3.05, 3.63) is 52.6 Å². The van der Waals surface area contributed by atoms with Crippen LogP contribution in [-0.2, 0) is 0 Å². The van der Waals surface area contributed by atoms with Gasteiger partial charge < -0.3 is 5.11 Å². The zero-order valence-electron chi connectivity index (χ0n) is 17.0. The predicted octanol–water partition coefficient (Wildman–Crippen LogP) is 7.09. The fourth-order valence-corrected chi connectivity index (χ4v) is 6.84. The van der Waals surface area contributed by atoms with Crippen LogP contribution in [-0.4, -0.2) is 5.11 Å². The molecule has 4 bridgehead atoms. The first-order chi connectivity index (χ1) is 13.0. The lowest BCUT2D eigenvalue weighted by atomic mass is 9.66. The van der Waals surface area contributed by atoms with Crippen LogP contribution in [0.1, 0.15) is 88.2 Å². The average molecular weight is 363 g/mol. The Bertz CT molecular complexity index is 723. The normalized spacial score (nSPS) is 38.1. The van der Waals surface area contributed by atoms with E-state index in [0.29, 0.717) is 17.6 Å². The summed E-state index contributed by atoms with van der Waals surface area (Å²) in [6.45, 7) is 4.75. The molecule has 144 valence electrons. The number of fused-ring (bicyclic) bond motifs is 4. The Hall–Kier alpha value is -1.50. The Morgan fingerprint density at radius 3 is 1.67 bits per heavy atom. The van der Waals surface area contributed by atoms with Gasteiger partial charge in [-0.3, -0.25) is 0 Å². The summed E-state index contributed by atoms with van der Waals surface area (Å²) in [4.78, 5) is 0. The molecule has 0 spiro atoms. The van der Waals surface area contributed by atoms with Gasteiger partial charge in [-0.25, -0.2) is 0 Å². The molecular formula is C26H34O. The van der Waals surface area contributed by atoms with E-state index < -0.39 is 0 Å². The summed E-state index contributed by atoms with van der Waals surface area (Å²) in [6.07, 6.45) is 15.6. The summed E-state index contributed by atoms with van der Waals surface area (Å²) >= 11 is 0. The summed E-state index contributed by atoms with van der Waals surface area (Å²) < 4.78 is 0. The van der Waals surface area contributed by atoms with E-state index in [-0.39, 0.29) is 0 Å². The monoisotopic (exact) mass is 362 g/mol. The van der Waals surface area contributed by atoms with E-state index in [1.54, 1.807) is 11.1 Å². The standard InChI is InChI=1S/C26H34O/c1-16-7-18-3-5-25(20(9-16)11-18)22-13-23(15-24(27)14-22)26-6-4-19-8-17(2)10-21(26)12-19/h9-10,13-19,25-27H,3-8,11-12H2,1-2H3. The molecule has 0 aliphatic heterocycles. The number of aromatic hydroxyl groups is 1. The molecule has 0 saturated heterocycles. The molecular weight excluding hydrogens is 328 g/mol. The predicted molar refractivity (Wildman–Crippen MR) is 112 cm³/mol. The highest BCUT2D eigenvalue weighted by atomic mass is 16.3. The number of rotatable bonds is 2. The van der Waals surface area contributed by atoms with Gasteiger partial charge in [0, 0.05) is 11.8 Å². The smallest absolute Gasteiger partial charge is 0.116 e. The minimum atomic E-state index is 0.473. The van der Waals surface area contributed by atoms with Gasteiger partial charge in [-0.05, 0) is 98.3 Å². The van der Waals surface area contributed by atoms with Gasteiger partial charge in [-0.1, -0.05) is 43.2 Å². The SMILES string of the molecule is CC1C=C2CC(CCC2c2cc(O)cc(C3CCC4CC3=CC(C)C4)c2)C1. The van der Waals surface area contributed by atoms with E-state index in [2.05, 4.69) is 44.2 Å². The highest BCUT2D eigenvalue weighted by Crippen LogP contribution is 2.49. The van der Waals surface area contributed by atoms with E-state index in [9.17, 15) is 5.11 Å². The van der Waals surface area contributed by atoms with Crippen molar-refractivity contribution in [1.29, 1.82) is 0 Å². The zero-order chi connectivity index (χ0) is 18.5. The molecule has 5 rings (SSSR count). The first-order valence-electron chi connectivity index (χ1n) is 11.3. The van der Waals surface area contributed by atoms with E-state index in [0.717, 1.165) is 23.7 Å². The van der Waals surface area contributed by atoms with Crippen LogP contribution in [0.25, 0.3) is 0 Å². The summed E-state index contributed by atoms with van der Waals surface area (Å²) in [7, 11) is 0. The molecule has 4 aliphatic rings. The zero-order valence-corrected chi connectivity index (χ0v) is 17.0. The molecule has 6 atom stereocenters. The van der Waals surface area contributed by atoms with Crippen LogP contribution in [0.2, 0.25) is 0 Å². The van der Waals surface area contributed by atoms with Crippen molar-refractivity contribution in [1.82, 2.24) is 0 Å². The van der Waals surface area contributed by atoms with E-state index in [1.165, 1.54) is 62.5 Å². The maximum absolute atomic E-state index is 10.6. The molecule has 0 aromatic heterocycles. The molecule has 27 heavy (non-hydrogen) atoms. The molecule has 0 radical (unpaired) electrons. The lowest BCUT2D eigenvalue weighted by Gasteiger charge is -2.39. The number of benzene rings is 1. The molecule has 1 N–H and O–H groups in total. The third kappa shape index (κ3) is 3.39. The van der Waals surface area contributed by atoms with Crippen LogP contribution in [0.5, 0.6) is 5.75 Å². The Kier molecular flexibility index (Phi) is 4.45. The van der Waals surface area contributed by atoms with Crippen LogP contribution in [0, 0.1) is 23.7 Å². The van der Waals surface area contributed by atoms with Crippen molar-refractivity contribution in [3.63, 3.8) is 0 Å². The van der Waals surface area contributed by atoms with Crippen LogP contribution in [0.3, 0.4) is 0 Å². The first-order valence-corrected chi connectivity index (χ1v) is 11.3. The van der Waals surface area contributed by atoms with Gasteiger partial charge >= 0.3 is 0 Å². The van der Waals surface area contributed by atoms with Crippen LogP contribution in [0.15, 0.2) is 41.5 Å². The van der Waals surface area contributed by atoms with Crippen molar-refractivity contribution in [2.75, 3.05) is 0 Å². The van der Waals surface area contributed by atoms with Gasteiger partial charge in [0.2, 0.25) is 0 Å². The molecule has 0 amide bonds. The van der Waals surface area contributed by atoms with Crippen LogP contribution in [0.4, 0.5) is 0 Å². The molecule has 1 heteroatoms. The van der Waals surface area contributed by atoms with Gasteiger partial charge in [0.05, 0.1) is 0 Å². The van der Waals surface area contributed by atoms with Crippen molar-refractivity contribution in [2.24, 2.45) is 23.7 Å². The van der Waals surface area contributed by atoms with Gasteiger partial charge in [0.15, 0.2) is 0 Å². The summed E-state index contributed by atoms with van der Waals surface area (Å²) in [6, 6.07) is 6.56. The molecule has 2 saturated carbocycles. The second kappa shape index (κ2) is 6.83. The van der Waals surface area contributed by atoms with E-state index >= 15 is 0 Å². The van der Waals surface area contributed by atoms with Gasteiger partial charge in [0.25, 0.3) is 0 Å². The van der Waals surface area contributed by atoms with Gasteiger partial charge in [-0.2, -0.15) is 0 Å². The third-order valence-corrected chi connectivity index (χ3v) is 7.85. The minimum absolute atomic E-state index is 0.473. The van der Waals surface area contributed by atoms with Gasteiger partial charge in [-0.15, -0.1) is 0 Å². The maximum Gasteiger partial charge on any atom is 0.116 e. The Morgan fingerprint density at radius 1 is 0.704 bits per heavy atom. The number of hydrogen-bond donors (Lipinski definition) is 1. The number of phenols is 1. The van der Waals surface area contributed by atoms with Crippen molar-refractivity contribution < 1.29 is 5.11 Å². The lowest BCUT2D eigenvalue weighted by molar-refractivity contribution is 0.315. The lowest BCUT2D eigenvalue weighted by Crippen LogP contribution is -2.23. The molecule has 2 fully saturated rings. The number of hydrogen-bond acceptors (Lipinski definition) is 1. The summed E-state index contributed by atoms with van der Waals surface area (Å²) in [5, 5.41) is 10.6. The Morgan fingerprint density at radius 2 is 1.19 bits per heavy atom. The molecule has 1 aromatic carbocycles. The largest absolute Gasteiger partial charge is 0.508 e. The second-order valence-electron chi connectivity index (χ2n) is 10.2. The maximum atomic E-state index is 10.6. The summed E-state index contributed by atoms with van der Waals surface area (Å²) in [5.41, 5.74) is 6.04. The first kappa shape index (κ1) is 17.6. The average Bonchev–Trinajstić information content (AvgIpc) is 2.60. The fourth-order valence-electron chi connectivity index (χ4n) is 6.84. The molecule has 1 nitrogen and oxygen atoms in total. The van der Waals surface area contributed by atoms with Crippen molar-refractivity contribution in [2.45, 2.75) is 77.0 Å². The molecule has 1 aromatic rings. The highest BCUT2D eigenvalue weighted by Gasteiger charge is 2.33. The van der Waals surface area contributed by atoms with Crippen LogP contribution < -0.4 is 0 Å². The number of phenolic OH excluding ortho intramolecular Hbond substituents is 1. The quantitative estimate of drug-likeness (QED) is 0.557. The van der Waals surface area contributed by atoms with E-state index in [4.69, 9.17) is 0 Å². The third-order valence-electron chi connectivity index (χ3n) is 7.85. The second-order valence-corrected chi connectivity index (χ2v) is 10.2. The van der Waals surface area contributed by atoms with Gasteiger partial charge in [0.1, 0.15) is 5.75 Å².